The zero-order chi connectivity index (χ0) is 19.0. The molecular weight excluding hydrogens is 350 g/mol. The SMILES string of the molecule is CCC(CNCc1ccc(C(C)NS(C)(=O)=O)cc1)Oc1ccccn1. The summed E-state index contributed by atoms with van der Waals surface area (Å²) in [6, 6.07) is 13.3. The highest BCUT2D eigenvalue weighted by Gasteiger charge is 2.11. The fraction of sp³-hybridized carbons (Fsp3) is 0.421. The first-order valence-electron chi connectivity index (χ1n) is 8.72. The van der Waals surface area contributed by atoms with Crippen LogP contribution in [0.1, 0.15) is 37.4 Å². The highest BCUT2D eigenvalue weighted by atomic mass is 32.2. The van der Waals surface area contributed by atoms with Gasteiger partial charge in [0.05, 0.1) is 6.26 Å². The predicted octanol–water partition coefficient (Wildman–Crippen LogP) is 2.64. The molecule has 6 nitrogen and oxygen atoms in total. The third-order valence-electron chi connectivity index (χ3n) is 3.95. The standard InChI is InChI=1S/C19H27N3O3S/c1-4-18(25-19-7-5-6-12-21-19)14-20-13-16-8-10-17(11-9-16)15(2)22-26(3,23)24/h5-12,15,18,20,22H,4,13-14H2,1-3H3. The molecule has 1 aromatic carbocycles. The molecule has 0 spiro atoms. The maximum absolute atomic E-state index is 11.3. The summed E-state index contributed by atoms with van der Waals surface area (Å²) in [5.41, 5.74) is 2.07. The Morgan fingerprint density at radius 3 is 2.46 bits per heavy atom. The second-order valence-electron chi connectivity index (χ2n) is 6.30. The second-order valence-corrected chi connectivity index (χ2v) is 8.08. The van der Waals surface area contributed by atoms with Crippen LogP contribution < -0.4 is 14.8 Å². The van der Waals surface area contributed by atoms with Crippen molar-refractivity contribution >= 4 is 10.0 Å². The van der Waals surface area contributed by atoms with Gasteiger partial charge in [0, 0.05) is 31.4 Å². The number of nitrogens with zero attached hydrogens (tertiary/aromatic N) is 1. The van der Waals surface area contributed by atoms with E-state index >= 15 is 0 Å². The summed E-state index contributed by atoms with van der Waals surface area (Å²) in [6.45, 7) is 5.35. The largest absolute Gasteiger partial charge is 0.473 e. The third-order valence-corrected chi connectivity index (χ3v) is 4.73. The van der Waals surface area contributed by atoms with Crippen molar-refractivity contribution in [2.45, 2.75) is 39.0 Å². The Hall–Kier alpha value is -1.96. The Labute approximate surface area is 156 Å². The van der Waals surface area contributed by atoms with Crippen LogP contribution in [-0.2, 0) is 16.6 Å². The molecule has 0 saturated heterocycles. The third kappa shape index (κ3) is 7.11. The van der Waals surface area contributed by atoms with Crippen LogP contribution in [0.15, 0.2) is 48.7 Å². The highest BCUT2D eigenvalue weighted by Crippen LogP contribution is 2.14. The predicted molar refractivity (Wildman–Crippen MR) is 103 cm³/mol. The number of aromatic nitrogens is 1. The van der Waals surface area contributed by atoms with E-state index in [1.807, 2.05) is 49.4 Å². The van der Waals surface area contributed by atoms with E-state index in [1.165, 1.54) is 6.26 Å². The van der Waals surface area contributed by atoms with Crippen molar-refractivity contribution in [2.75, 3.05) is 12.8 Å². The molecule has 0 radical (unpaired) electrons. The first-order valence-corrected chi connectivity index (χ1v) is 10.6. The van der Waals surface area contributed by atoms with Gasteiger partial charge in [0.2, 0.25) is 15.9 Å². The van der Waals surface area contributed by atoms with Gasteiger partial charge in [-0.1, -0.05) is 37.3 Å². The minimum Gasteiger partial charge on any atom is -0.473 e. The van der Waals surface area contributed by atoms with Crippen LogP contribution in [-0.4, -0.2) is 32.3 Å². The highest BCUT2D eigenvalue weighted by molar-refractivity contribution is 7.88. The quantitative estimate of drug-likeness (QED) is 0.665. The number of ether oxygens (including phenoxy) is 1. The molecule has 2 atom stereocenters. The topological polar surface area (TPSA) is 80.3 Å². The number of rotatable bonds is 10. The number of pyridine rings is 1. The molecule has 142 valence electrons. The van der Waals surface area contributed by atoms with Gasteiger partial charge in [0.1, 0.15) is 6.10 Å². The molecule has 7 heteroatoms. The van der Waals surface area contributed by atoms with E-state index < -0.39 is 10.0 Å². The molecule has 0 aliphatic carbocycles. The molecule has 2 N–H and O–H groups in total. The van der Waals surface area contributed by atoms with Crippen LogP contribution >= 0.6 is 0 Å². The monoisotopic (exact) mass is 377 g/mol. The number of hydrogen-bond donors (Lipinski definition) is 2. The molecule has 0 aliphatic rings. The molecule has 1 aromatic heterocycles. The summed E-state index contributed by atoms with van der Waals surface area (Å²) in [6.07, 6.45) is 3.83. The van der Waals surface area contributed by atoms with Crippen LogP contribution in [0.4, 0.5) is 0 Å². The van der Waals surface area contributed by atoms with Crippen molar-refractivity contribution in [3.05, 3.63) is 59.8 Å². The summed E-state index contributed by atoms with van der Waals surface area (Å²) < 4.78 is 31.1. The molecule has 26 heavy (non-hydrogen) atoms. The number of sulfonamides is 1. The summed E-state index contributed by atoms with van der Waals surface area (Å²) in [7, 11) is -3.22. The van der Waals surface area contributed by atoms with Gasteiger partial charge in [-0.15, -0.1) is 0 Å². The van der Waals surface area contributed by atoms with Crippen LogP contribution in [0.3, 0.4) is 0 Å². The summed E-state index contributed by atoms with van der Waals surface area (Å²) in [5.74, 6) is 0.637. The Kier molecular flexibility index (Phi) is 7.56. The minimum absolute atomic E-state index is 0.0585. The van der Waals surface area contributed by atoms with E-state index in [0.29, 0.717) is 5.88 Å². The van der Waals surface area contributed by atoms with Crippen molar-refractivity contribution in [3.63, 3.8) is 0 Å². The molecule has 2 unspecified atom stereocenters. The Bertz CT molecular complexity index is 764. The molecule has 0 amide bonds. The van der Waals surface area contributed by atoms with Crippen molar-refractivity contribution in [1.29, 1.82) is 0 Å². The maximum Gasteiger partial charge on any atom is 0.213 e. The fourth-order valence-electron chi connectivity index (χ4n) is 2.55. The van der Waals surface area contributed by atoms with Gasteiger partial charge in [0.25, 0.3) is 0 Å². The van der Waals surface area contributed by atoms with E-state index in [0.717, 1.165) is 30.6 Å². The minimum atomic E-state index is -3.22. The lowest BCUT2D eigenvalue weighted by Gasteiger charge is -2.17. The summed E-state index contributed by atoms with van der Waals surface area (Å²) in [5, 5.41) is 3.40. The smallest absolute Gasteiger partial charge is 0.213 e. The second kappa shape index (κ2) is 9.66. The zero-order valence-corrected chi connectivity index (χ0v) is 16.3. The van der Waals surface area contributed by atoms with Gasteiger partial charge in [-0.25, -0.2) is 18.1 Å². The summed E-state index contributed by atoms with van der Waals surface area (Å²) in [4.78, 5) is 4.19. The number of benzene rings is 1. The Morgan fingerprint density at radius 2 is 1.88 bits per heavy atom. The van der Waals surface area contributed by atoms with E-state index in [1.54, 1.807) is 6.20 Å². The van der Waals surface area contributed by atoms with E-state index in [9.17, 15) is 8.42 Å². The van der Waals surface area contributed by atoms with Gasteiger partial charge in [-0.2, -0.15) is 0 Å². The fourth-order valence-corrected chi connectivity index (χ4v) is 3.33. The van der Waals surface area contributed by atoms with Crippen LogP contribution in [0.25, 0.3) is 0 Å². The van der Waals surface area contributed by atoms with Crippen LogP contribution in [0, 0.1) is 0 Å². The maximum atomic E-state index is 11.3. The van der Waals surface area contributed by atoms with Gasteiger partial charge in [-0.05, 0) is 30.5 Å². The molecule has 2 rings (SSSR count). The molecule has 1 heterocycles. The van der Waals surface area contributed by atoms with E-state index in [2.05, 4.69) is 21.9 Å². The molecular formula is C19H27N3O3S. The lowest BCUT2D eigenvalue weighted by Crippen LogP contribution is -2.30. The normalized spacial score (nSPS) is 14.0. The first kappa shape index (κ1) is 20.4. The van der Waals surface area contributed by atoms with Crippen molar-refractivity contribution in [3.8, 4) is 5.88 Å². The van der Waals surface area contributed by atoms with Crippen LogP contribution in [0.5, 0.6) is 5.88 Å². The number of nitrogens with one attached hydrogen (secondary N) is 2. The van der Waals surface area contributed by atoms with Crippen molar-refractivity contribution in [2.24, 2.45) is 0 Å². The van der Waals surface area contributed by atoms with Gasteiger partial charge >= 0.3 is 0 Å². The van der Waals surface area contributed by atoms with Crippen molar-refractivity contribution < 1.29 is 13.2 Å². The molecule has 0 aliphatic heterocycles. The lowest BCUT2D eigenvalue weighted by atomic mass is 10.1. The van der Waals surface area contributed by atoms with E-state index in [-0.39, 0.29) is 12.1 Å². The number of hydrogen-bond acceptors (Lipinski definition) is 5. The summed E-state index contributed by atoms with van der Waals surface area (Å²) >= 11 is 0. The lowest BCUT2D eigenvalue weighted by molar-refractivity contribution is 0.185. The van der Waals surface area contributed by atoms with Crippen LogP contribution in [0.2, 0.25) is 0 Å². The van der Waals surface area contributed by atoms with Crippen molar-refractivity contribution in [1.82, 2.24) is 15.0 Å². The molecule has 0 saturated carbocycles. The van der Waals surface area contributed by atoms with Gasteiger partial charge < -0.3 is 10.1 Å². The average Bonchev–Trinajstić information content (AvgIpc) is 2.61. The molecule has 0 bridgehead atoms. The Morgan fingerprint density at radius 1 is 1.15 bits per heavy atom. The van der Waals surface area contributed by atoms with Gasteiger partial charge in [0.15, 0.2) is 0 Å². The molecule has 2 aromatic rings. The van der Waals surface area contributed by atoms with Gasteiger partial charge in [-0.3, -0.25) is 0 Å². The van der Waals surface area contributed by atoms with E-state index in [4.69, 9.17) is 4.74 Å². The zero-order valence-electron chi connectivity index (χ0n) is 15.5. The average molecular weight is 378 g/mol. The first-order chi connectivity index (χ1) is 12.4. The molecule has 0 fully saturated rings. The Balaban J connectivity index is 1.81.